The molecule has 0 atom stereocenters. The molecular formula is C10H10ClF2N. The first-order chi connectivity index (χ1) is 6.25. The smallest absolute Gasteiger partial charge is 0.130 e. The molecule has 4 heteroatoms. The number of halogens is 3. The lowest BCUT2D eigenvalue weighted by molar-refractivity contribution is 0.597. The van der Waals surface area contributed by atoms with Gasteiger partial charge in [0.25, 0.3) is 0 Å². The zero-order valence-electron chi connectivity index (χ0n) is 7.39. The highest BCUT2D eigenvalue weighted by Gasteiger charge is 2.08. The zero-order valence-corrected chi connectivity index (χ0v) is 8.20. The highest BCUT2D eigenvalue weighted by atomic mass is 35.5. The Morgan fingerprint density at radius 1 is 1.21 bits per heavy atom. The molecule has 0 saturated carbocycles. The molecule has 0 aliphatic carbocycles. The fourth-order valence-corrected chi connectivity index (χ4v) is 1.22. The lowest BCUT2D eigenvalue weighted by Crippen LogP contribution is -2.33. The second-order valence-corrected chi connectivity index (χ2v) is 3.07. The molecule has 0 radical (unpaired) electrons. The highest BCUT2D eigenvalue weighted by molar-refractivity contribution is 5.85. The molecule has 0 aromatic heterocycles. The van der Waals surface area contributed by atoms with Gasteiger partial charge in [0.1, 0.15) is 11.6 Å². The van der Waals surface area contributed by atoms with Crippen molar-refractivity contribution in [1.82, 2.24) is 5.32 Å². The van der Waals surface area contributed by atoms with Gasteiger partial charge >= 0.3 is 0 Å². The third-order valence-corrected chi connectivity index (χ3v) is 2.02. The Balaban J connectivity index is 0.000000980. The van der Waals surface area contributed by atoms with E-state index in [9.17, 15) is 8.78 Å². The average molecular weight is 218 g/mol. The number of benzene rings is 1. The summed E-state index contributed by atoms with van der Waals surface area (Å²) in [5, 5.41) is 3.03. The van der Waals surface area contributed by atoms with Crippen molar-refractivity contribution >= 4 is 18.5 Å². The number of rotatable bonds is 1. The van der Waals surface area contributed by atoms with Crippen molar-refractivity contribution in [2.75, 3.05) is 13.1 Å². The summed E-state index contributed by atoms with van der Waals surface area (Å²) in [5.74, 6) is -0.777. The van der Waals surface area contributed by atoms with Gasteiger partial charge in [-0.3, -0.25) is 0 Å². The van der Waals surface area contributed by atoms with Crippen molar-refractivity contribution in [2.24, 2.45) is 0 Å². The van der Waals surface area contributed by atoms with Gasteiger partial charge < -0.3 is 5.32 Å². The van der Waals surface area contributed by atoms with Gasteiger partial charge in [-0.1, -0.05) is 6.08 Å². The van der Waals surface area contributed by atoms with Gasteiger partial charge in [-0.15, -0.1) is 12.4 Å². The first-order valence-corrected chi connectivity index (χ1v) is 4.11. The van der Waals surface area contributed by atoms with Gasteiger partial charge in [0.2, 0.25) is 0 Å². The Morgan fingerprint density at radius 3 is 2.50 bits per heavy atom. The van der Waals surface area contributed by atoms with Crippen LogP contribution in [0.1, 0.15) is 5.56 Å². The van der Waals surface area contributed by atoms with Crippen molar-refractivity contribution in [2.45, 2.75) is 0 Å². The van der Waals surface area contributed by atoms with E-state index in [0.29, 0.717) is 5.56 Å². The van der Waals surface area contributed by atoms with E-state index in [-0.39, 0.29) is 18.2 Å². The highest BCUT2D eigenvalue weighted by Crippen LogP contribution is 2.15. The van der Waals surface area contributed by atoms with Crippen LogP contribution in [0.2, 0.25) is 0 Å². The Kier molecular flexibility index (Phi) is 3.61. The molecule has 0 bridgehead atoms. The quantitative estimate of drug-likeness (QED) is 0.762. The van der Waals surface area contributed by atoms with Gasteiger partial charge in [-0.2, -0.15) is 0 Å². The Labute approximate surface area is 87.2 Å². The van der Waals surface area contributed by atoms with Crippen molar-refractivity contribution in [1.29, 1.82) is 0 Å². The Morgan fingerprint density at radius 2 is 1.93 bits per heavy atom. The van der Waals surface area contributed by atoms with Crippen LogP contribution >= 0.6 is 12.4 Å². The van der Waals surface area contributed by atoms with Crippen molar-refractivity contribution in [3.63, 3.8) is 0 Å². The summed E-state index contributed by atoms with van der Waals surface area (Å²) in [6.45, 7) is 1.55. The van der Waals surface area contributed by atoms with Gasteiger partial charge in [-0.25, -0.2) is 8.78 Å². The second kappa shape index (κ2) is 4.53. The molecule has 0 amide bonds. The van der Waals surface area contributed by atoms with Crippen molar-refractivity contribution in [3.05, 3.63) is 41.0 Å². The zero-order chi connectivity index (χ0) is 9.26. The first-order valence-electron chi connectivity index (χ1n) is 4.11. The standard InChI is InChI=1S/C10H9F2N.ClH/c11-9-1-2-10(12)8(4-9)3-7-5-13-6-7;/h1-4,13H,5-6H2;1H. The molecule has 1 fully saturated rings. The summed E-state index contributed by atoms with van der Waals surface area (Å²) in [6.07, 6.45) is 1.69. The lowest BCUT2D eigenvalue weighted by Gasteiger charge is -2.18. The fourth-order valence-electron chi connectivity index (χ4n) is 1.22. The van der Waals surface area contributed by atoms with Crippen LogP contribution in [-0.2, 0) is 0 Å². The molecule has 1 heterocycles. The summed E-state index contributed by atoms with van der Waals surface area (Å²) in [4.78, 5) is 0. The minimum atomic E-state index is -0.402. The number of hydrogen-bond donors (Lipinski definition) is 1. The molecular weight excluding hydrogens is 208 g/mol. The number of hydrogen-bond acceptors (Lipinski definition) is 1. The monoisotopic (exact) mass is 217 g/mol. The van der Waals surface area contributed by atoms with Crippen LogP contribution in [0.4, 0.5) is 8.78 Å². The molecule has 1 aliphatic rings. The molecule has 2 rings (SSSR count). The van der Waals surface area contributed by atoms with Crippen LogP contribution in [-0.4, -0.2) is 13.1 Å². The predicted molar refractivity (Wildman–Crippen MR) is 54.5 cm³/mol. The molecule has 0 unspecified atom stereocenters. The third kappa shape index (κ3) is 2.30. The Bertz CT molecular complexity index is 357. The SMILES string of the molecule is Cl.Fc1ccc(F)c(C=C2CNC2)c1. The van der Waals surface area contributed by atoms with Crippen molar-refractivity contribution in [3.8, 4) is 0 Å². The summed E-state index contributed by atoms with van der Waals surface area (Å²) >= 11 is 0. The lowest BCUT2D eigenvalue weighted by atomic mass is 10.1. The van der Waals surface area contributed by atoms with E-state index in [1.165, 1.54) is 6.07 Å². The maximum absolute atomic E-state index is 13.1. The molecule has 1 N–H and O–H groups in total. The molecule has 1 nitrogen and oxygen atoms in total. The van der Waals surface area contributed by atoms with E-state index in [1.54, 1.807) is 6.08 Å². The van der Waals surface area contributed by atoms with Crippen LogP contribution in [0, 0.1) is 11.6 Å². The van der Waals surface area contributed by atoms with E-state index < -0.39 is 5.82 Å². The molecule has 1 aromatic rings. The largest absolute Gasteiger partial charge is 0.309 e. The average Bonchev–Trinajstić information content (AvgIpc) is 2.03. The van der Waals surface area contributed by atoms with E-state index >= 15 is 0 Å². The summed E-state index contributed by atoms with van der Waals surface area (Å²) < 4.78 is 25.8. The maximum atomic E-state index is 13.1. The minimum absolute atomic E-state index is 0. The van der Waals surface area contributed by atoms with Gasteiger partial charge in [0.15, 0.2) is 0 Å². The molecule has 1 aromatic carbocycles. The van der Waals surface area contributed by atoms with Crippen LogP contribution < -0.4 is 5.32 Å². The van der Waals surface area contributed by atoms with E-state index in [2.05, 4.69) is 5.32 Å². The molecule has 1 saturated heterocycles. The number of nitrogens with one attached hydrogen (secondary N) is 1. The first kappa shape index (κ1) is 11.1. The van der Waals surface area contributed by atoms with Crippen molar-refractivity contribution < 1.29 is 8.78 Å². The van der Waals surface area contributed by atoms with Gasteiger partial charge in [-0.05, 0) is 23.8 Å². The maximum Gasteiger partial charge on any atom is 0.130 e. The van der Waals surface area contributed by atoms with Gasteiger partial charge in [0, 0.05) is 18.7 Å². The second-order valence-electron chi connectivity index (χ2n) is 3.07. The van der Waals surface area contributed by atoms with Gasteiger partial charge in [0.05, 0.1) is 0 Å². The summed E-state index contributed by atoms with van der Waals surface area (Å²) in [6, 6.07) is 3.48. The third-order valence-electron chi connectivity index (χ3n) is 2.02. The molecule has 1 aliphatic heterocycles. The Hall–Kier alpha value is -0.930. The summed E-state index contributed by atoms with van der Waals surface area (Å²) in [7, 11) is 0. The topological polar surface area (TPSA) is 12.0 Å². The van der Waals surface area contributed by atoms with Crippen LogP contribution in [0.5, 0.6) is 0 Å². The van der Waals surface area contributed by atoms with Crippen LogP contribution in [0.25, 0.3) is 6.08 Å². The summed E-state index contributed by atoms with van der Waals surface area (Å²) in [5.41, 5.74) is 1.43. The normalized spacial score (nSPS) is 14.3. The van der Waals surface area contributed by atoms with E-state index in [0.717, 1.165) is 30.8 Å². The van der Waals surface area contributed by atoms with Crippen LogP contribution in [0.15, 0.2) is 23.8 Å². The molecule has 14 heavy (non-hydrogen) atoms. The van der Waals surface area contributed by atoms with E-state index in [1.807, 2.05) is 0 Å². The fraction of sp³-hybridized carbons (Fsp3) is 0.200. The minimum Gasteiger partial charge on any atom is -0.309 e. The molecule has 0 spiro atoms. The van der Waals surface area contributed by atoms with E-state index in [4.69, 9.17) is 0 Å². The predicted octanol–water partition coefficient (Wildman–Crippen LogP) is 2.37. The van der Waals surface area contributed by atoms with Crippen LogP contribution in [0.3, 0.4) is 0 Å². The molecule has 76 valence electrons.